The summed E-state index contributed by atoms with van der Waals surface area (Å²) in [7, 11) is 2.06. The predicted molar refractivity (Wildman–Crippen MR) is 85.5 cm³/mol. The van der Waals surface area contributed by atoms with E-state index < -0.39 is 0 Å². The Kier molecular flexibility index (Phi) is 4.61. The van der Waals surface area contributed by atoms with E-state index in [9.17, 15) is 0 Å². The molecule has 0 saturated heterocycles. The maximum Gasteiger partial charge on any atom is 0.119 e. The number of hydrogen-bond donors (Lipinski definition) is 1. The zero-order valence-corrected chi connectivity index (χ0v) is 12.7. The largest absolute Gasteiger partial charge is 0.494 e. The quantitative estimate of drug-likeness (QED) is 0.749. The third-order valence-corrected chi connectivity index (χ3v) is 4.11. The molecule has 0 amide bonds. The third-order valence-electron chi connectivity index (χ3n) is 4.11. The Morgan fingerprint density at radius 3 is 2.76 bits per heavy atom. The summed E-state index contributed by atoms with van der Waals surface area (Å²) in [5.41, 5.74) is 1.42. The first-order valence-electron chi connectivity index (χ1n) is 7.87. The van der Waals surface area contributed by atoms with Gasteiger partial charge in [-0.3, -0.25) is 0 Å². The summed E-state index contributed by atoms with van der Waals surface area (Å²) >= 11 is 0. The minimum atomic E-state index is 0.534. The van der Waals surface area contributed by atoms with E-state index in [4.69, 9.17) is 4.74 Å². The van der Waals surface area contributed by atoms with Gasteiger partial charge in [0, 0.05) is 25.0 Å². The van der Waals surface area contributed by atoms with E-state index in [1.807, 2.05) is 30.3 Å². The second-order valence-corrected chi connectivity index (χ2v) is 5.80. The first-order valence-corrected chi connectivity index (χ1v) is 7.87. The van der Waals surface area contributed by atoms with Crippen molar-refractivity contribution in [3.05, 3.63) is 54.4 Å². The number of aryl methyl sites for hydroxylation is 1. The molecule has 1 heterocycles. The lowest BCUT2D eigenvalue weighted by atomic mass is 10.1. The molecule has 2 aromatic rings. The summed E-state index contributed by atoms with van der Waals surface area (Å²) in [5, 5.41) is 3.44. The third kappa shape index (κ3) is 3.88. The lowest BCUT2D eigenvalue weighted by Crippen LogP contribution is -2.17. The minimum absolute atomic E-state index is 0.534. The van der Waals surface area contributed by atoms with E-state index in [1.54, 1.807) is 0 Å². The lowest BCUT2D eigenvalue weighted by molar-refractivity contribution is 0.302. The molecule has 1 fully saturated rings. The number of hydrogen-bond acceptors (Lipinski definition) is 2. The fourth-order valence-corrected chi connectivity index (χ4v) is 2.84. The van der Waals surface area contributed by atoms with Crippen LogP contribution in [0.15, 0.2) is 48.8 Å². The summed E-state index contributed by atoms with van der Waals surface area (Å²) in [6.45, 7) is 1.77. The van der Waals surface area contributed by atoms with Gasteiger partial charge in [-0.05, 0) is 56.0 Å². The molecule has 3 rings (SSSR count). The number of nitrogens with one attached hydrogen (secondary N) is 1. The van der Waals surface area contributed by atoms with E-state index in [0.29, 0.717) is 6.04 Å². The molecule has 1 saturated carbocycles. The minimum Gasteiger partial charge on any atom is -0.494 e. The highest BCUT2D eigenvalue weighted by Gasteiger charge is 2.31. The first kappa shape index (κ1) is 14.2. The van der Waals surface area contributed by atoms with Crippen LogP contribution in [0, 0.1) is 5.92 Å². The van der Waals surface area contributed by atoms with Crippen molar-refractivity contribution in [2.75, 3.05) is 13.7 Å². The Morgan fingerprint density at radius 1 is 1.24 bits per heavy atom. The van der Waals surface area contributed by atoms with Crippen molar-refractivity contribution in [1.29, 1.82) is 0 Å². The number of para-hydroxylation sites is 1. The Balaban J connectivity index is 1.44. The van der Waals surface area contributed by atoms with Crippen molar-refractivity contribution in [3.8, 4) is 5.75 Å². The van der Waals surface area contributed by atoms with Gasteiger partial charge in [-0.2, -0.15) is 0 Å². The molecule has 0 bridgehead atoms. The zero-order valence-electron chi connectivity index (χ0n) is 12.7. The molecule has 0 radical (unpaired) electrons. The molecule has 112 valence electrons. The summed E-state index contributed by atoms with van der Waals surface area (Å²) in [6, 6.07) is 12.8. The van der Waals surface area contributed by atoms with E-state index in [-0.39, 0.29) is 0 Å². The fraction of sp³-hybridized carbons (Fsp3) is 0.444. The van der Waals surface area contributed by atoms with Crippen LogP contribution in [0.4, 0.5) is 0 Å². The number of benzene rings is 1. The van der Waals surface area contributed by atoms with Crippen molar-refractivity contribution in [1.82, 2.24) is 9.88 Å². The summed E-state index contributed by atoms with van der Waals surface area (Å²) in [6.07, 6.45) is 8.21. The van der Waals surface area contributed by atoms with E-state index in [1.165, 1.54) is 18.4 Å². The van der Waals surface area contributed by atoms with Crippen LogP contribution in [0.1, 0.15) is 30.9 Å². The smallest absolute Gasteiger partial charge is 0.119 e. The maximum atomic E-state index is 5.73. The SMILES string of the molecule is CNC(c1ccn(CCCOc2ccccc2)c1)C1CC1. The van der Waals surface area contributed by atoms with Gasteiger partial charge >= 0.3 is 0 Å². The standard InChI is InChI=1S/C18H24N2O/c1-19-18(15-8-9-15)16-10-12-20(14-16)11-5-13-21-17-6-3-2-4-7-17/h2-4,6-7,10,12,14-15,18-19H,5,8-9,11,13H2,1H3. The molecule has 1 N–H and O–H groups in total. The first-order chi connectivity index (χ1) is 10.4. The Hall–Kier alpha value is -1.74. The fourth-order valence-electron chi connectivity index (χ4n) is 2.84. The summed E-state index contributed by atoms with van der Waals surface area (Å²) in [5.74, 6) is 1.79. The summed E-state index contributed by atoms with van der Waals surface area (Å²) < 4.78 is 8.00. The van der Waals surface area contributed by atoms with Gasteiger partial charge in [0.15, 0.2) is 0 Å². The van der Waals surface area contributed by atoms with E-state index in [2.05, 4.69) is 35.4 Å². The molecular weight excluding hydrogens is 260 g/mol. The summed E-state index contributed by atoms with van der Waals surface area (Å²) in [4.78, 5) is 0. The van der Waals surface area contributed by atoms with Crippen molar-refractivity contribution in [2.24, 2.45) is 5.92 Å². The number of aromatic nitrogens is 1. The highest BCUT2D eigenvalue weighted by Crippen LogP contribution is 2.40. The van der Waals surface area contributed by atoms with Gasteiger partial charge in [-0.25, -0.2) is 0 Å². The normalized spacial score (nSPS) is 15.9. The number of ether oxygens (including phenoxy) is 1. The number of rotatable bonds is 8. The molecule has 0 aliphatic heterocycles. The Labute approximate surface area is 126 Å². The number of nitrogens with zero attached hydrogens (tertiary/aromatic N) is 1. The Bertz CT molecular complexity index is 545. The van der Waals surface area contributed by atoms with Crippen LogP contribution in [0.5, 0.6) is 5.75 Å². The van der Waals surface area contributed by atoms with Crippen molar-refractivity contribution >= 4 is 0 Å². The van der Waals surface area contributed by atoms with Crippen molar-refractivity contribution < 1.29 is 4.74 Å². The molecule has 3 heteroatoms. The van der Waals surface area contributed by atoms with E-state index in [0.717, 1.165) is 31.2 Å². The molecule has 1 aliphatic carbocycles. The monoisotopic (exact) mass is 284 g/mol. The molecule has 1 aromatic carbocycles. The van der Waals surface area contributed by atoms with Gasteiger partial charge < -0.3 is 14.6 Å². The second kappa shape index (κ2) is 6.81. The molecule has 1 aromatic heterocycles. The van der Waals surface area contributed by atoms with Crippen LogP contribution in [0.2, 0.25) is 0 Å². The van der Waals surface area contributed by atoms with Crippen molar-refractivity contribution in [2.45, 2.75) is 31.8 Å². The van der Waals surface area contributed by atoms with Gasteiger partial charge in [-0.1, -0.05) is 18.2 Å². The van der Waals surface area contributed by atoms with E-state index >= 15 is 0 Å². The van der Waals surface area contributed by atoms with Crippen LogP contribution in [-0.4, -0.2) is 18.2 Å². The van der Waals surface area contributed by atoms with Gasteiger partial charge in [0.05, 0.1) is 6.61 Å². The highest BCUT2D eigenvalue weighted by atomic mass is 16.5. The molecule has 3 nitrogen and oxygen atoms in total. The second-order valence-electron chi connectivity index (χ2n) is 5.80. The van der Waals surface area contributed by atoms with Crippen LogP contribution < -0.4 is 10.1 Å². The average molecular weight is 284 g/mol. The predicted octanol–water partition coefficient (Wildman–Crippen LogP) is 3.63. The van der Waals surface area contributed by atoms with Gasteiger partial charge in [0.25, 0.3) is 0 Å². The average Bonchev–Trinajstić information content (AvgIpc) is 3.24. The zero-order chi connectivity index (χ0) is 14.5. The molecular formula is C18H24N2O. The van der Waals surface area contributed by atoms with Crippen LogP contribution in [0.3, 0.4) is 0 Å². The van der Waals surface area contributed by atoms with Crippen molar-refractivity contribution in [3.63, 3.8) is 0 Å². The Morgan fingerprint density at radius 2 is 2.05 bits per heavy atom. The maximum absolute atomic E-state index is 5.73. The molecule has 1 unspecified atom stereocenters. The van der Waals surface area contributed by atoms with Crippen LogP contribution in [-0.2, 0) is 6.54 Å². The lowest BCUT2D eigenvalue weighted by Gasteiger charge is -2.13. The topological polar surface area (TPSA) is 26.2 Å². The molecule has 21 heavy (non-hydrogen) atoms. The molecule has 1 atom stereocenters. The van der Waals surface area contributed by atoms with Gasteiger partial charge in [-0.15, -0.1) is 0 Å². The molecule has 0 spiro atoms. The molecule has 1 aliphatic rings. The van der Waals surface area contributed by atoms with Crippen LogP contribution >= 0.6 is 0 Å². The van der Waals surface area contributed by atoms with Gasteiger partial charge in [0.1, 0.15) is 5.75 Å². The van der Waals surface area contributed by atoms with Gasteiger partial charge in [0.2, 0.25) is 0 Å². The van der Waals surface area contributed by atoms with Crippen LogP contribution in [0.25, 0.3) is 0 Å². The highest BCUT2D eigenvalue weighted by molar-refractivity contribution is 5.21.